The van der Waals surface area contributed by atoms with Crippen LogP contribution >= 0.6 is 0 Å². The minimum atomic E-state index is -0.417. The van der Waals surface area contributed by atoms with Crippen molar-refractivity contribution in [1.82, 2.24) is 5.32 Å². The zero-order valence-electron chi connectivity index (χ0n) is 8.55. The lowest BCUT2D eigenvalue weighted by Gasteiger charge is -2.12. The molecule has 1 atom stereocenters. The molecule has 1 unspecified atom stereocenters. The van der Waals surface area contributed by atoms with E-state index in [0.717, 1.165) is 11.1 Å². The van der Waals surface area contributed by atoms with Crippen LogP contribution in [0.2, 0.25) is 0 Å². The lowest BCUT2D eigenvalue weighted by Crippen LogP contribution is -2.20. The maximum atomic E-state index is 11.0. The van der Waals surface area contributed by atoms with Gasteiger partial charge < -0.3 is 10.1 Å². The Morgan fingerprint density at radius 2 is 2.19 bits per heavy atom. The summed E-state index contributed by atoms with van der Waals surface area (Å²) in [6.07, 6.45) is 3.40. The first-order chi connectivity index (χ1) is 7.81. The first-order valence-corrected chi connectivity index (χ1v) is 4.93. The average molecular weight is 217 g/mol. The Kier molecular flexibility index (Phi) is 3.12. The largest absolute Gasteiger partial charge is 0.344 e. The fourth-order valence-corrected chi connectivity index (χ4v) is 1.60. The number of nitrogens with one attached hydrogen (secondary N) is 1. The van der Waals surface area contributed by atoms with Crippen LogP contribution in [0.15, 0.2) is 30.3 Å². The highest BCUT2D eigenvalue weighted by atomic mass is 16.5. The van der Waals surface area contributed by atoms with Gasteiger partial charge in [-0.3, -0.25) is 9.59 Å². The maximum absolute atomic E-state index is 11.0. The molecule has 0 bridgehead atoms. The fourth-order valence-electron chi connectivity index (χ4n) is 1.60. The Bertz CT molecular complexity index is 440. The van der Waals surface area contributed by atoms with Gasteiger partial charge in [0.15, 0.2) is 6.23 Å². The summed E-state index contributed by atoms with van der Waals surface area (Å²) < 4.78 is 5.29. The molecule has 1 aromatic carbocycles. The number of hydrogen-bond acceptors (Lipinski definition) is 3. The third kappa shape index (κ3) is 2.17. The van der Waals surface area contributed by atoms with E-state index < -0.39 is 6.23 Å². The van der Waals surface area contributed by atoms with E-state index in [0.29, 0.717) is 6.29 Å². The molecule has 0 saturated carbocycles. The topological polar surface area (TPSA) is 55.4 Å². The summed E-state index contributed by atoms with van der Waals surface area (Å²) in [5.74, 6) is -0.126. The van der Waals surface area contributed by atoms with E-state index in [1.165, 1.54) is 6.08 Å². The van der Waals surface area contributed by atoms with Crippen LogP contribution in [0.25, 0.3) is 6.08 Å². The van der Waals surface area contributed by atoms with Gasteiger partial charge in [0.05, 0.1) is 0 Å². The summed E-state index contributed by atoms with van der Waals surface area (Å²) in [5.41, 5.74) is 1.72. The van der Waals surface area contributed by atoms with Crippen LogP contribution in [0.1, 0.15) is 17.4 Å². The van der Waals surface area contributed by atoms with Gasteiger partial charge >= 0.3 is 0 Å². The van der Waals surface area contributed by atoms with Crippen molar-refractivity contribution in [2.75, 3.05) is 6.61 Å². The van der Waals surface area contributed by atoms with Crippen LogP contribution in [0, 0.1) is 0 Å². The maximum Gasteiger partial charge on any atom is 0.248 e. The number of carbonyl (C=O) groups is 2. The number of amides is 1. The highest BCUT2D eigenvalue weighted by Gasteiger charge is 2.24. The number of ether oxygens (including phenoxy) is 1. The molecule has 4 nitrogen and oxygen atoms in total. The molecule has 0 radical (unpaired) electrons. The molecule has 1 aromatic rings. The second-order valence-corrected chi connectivity index (χ2v) is 3.38. The molecule has 2 rings (SSSR count). The Morgan fingerprint density at radius 1 is 1.38 bits per heavy atom. The highest BCUT2D eigenvalue weighted by Crippen LogP contribution is 2.22. The molecule has 1 saturated heterocycles. The van der Waals surface area contributed by atoms with Gasteiger partial charge in [-0.25, -0.2) is 0 Å². The van der Waals surface area contributed by atoms with Crippen LogP contribution < -0.4 is 5.32 Å². The van der Waals surface area contributed by atoms with Crippen LogP contribution in [-0.2, 0) is 14.3 Å². The summed E-state index contributed by atoms with van der Waals surface area (Å²) in [6, 6.07) is 7.45. The van der Waals surface area contributed by atoms with Crippen molar-refractivity contribution in [1.29, 1.82) is 0 Å². The van der Waals surface area contributed by atoms with E-state index in [1.54, 1.807) is 6.08 Å². The molecule has 1 aliphatic rings. The normalized spacial score (nSPS) is 20.0. The monoisotopic (exact) mass is 217 g/mol. The number of benzene rings is 1. The molecule has 1 fully saturated rings. The smallest absolute Gasteiger partial charge is 0.248 e. The molecule has 0 spiro atoms. The average Bonchev–Trinajstić information content (AvgIpc) is 2.73. The van der Waals surface area contributed by atoms with Gasteiger partial charge in [-0.1, -0.05) is 30.3 Å². The van der Waals surface area contributed by atoms with Crippen LogP contribution in [0.4, 0.5) is 0 Å². The Morgan fingerprint density at radius 3 is 2.88 bits per heavy atom. The second-order valence-electron chi connectivity index (χ2n) is 3.38. The number of carbonyl (C=O) groups excluding carboxylic acids is 2. The van der Waals surface area contributed by atoms with E-state index in [-0.39, 0.29) is 12.5 Å². The Hall–Kier alpha value is -1.94. The second kappa shape index (κ2) is 4.72. The molecule has 0 aromatic heterocycles. The molecule has 0 aliphatic carbocycles. The van der Waals surface area contributed by atoms with Crippen LogP contribution in [0.5, 0.6) is 0 Å². The van der Waals surface area contributed by atoms with Crippen molar-refractivity contribution in [3.05, 3.63) is 41.5 Å². The van der Waals surface area contributed by atoms with E-state index >= 15 is 0 Å². The van der Waals surface area contributed by atoms with Gasteiger partial charge in [0.2, 0.25) is 5.91 Å². The molecule has 82 valence electrons. The molecule has 1 N–H and O–H groups in total. The van der Waals surface area contributed by atoms with Crippen molar-refractivity contribution in [2.45, 2.75) is 6.23 Å². The minimum Gasteiger partial charge on any atom is -0.344 e. The quantitative estimate of drug-likeness (QED) is 0.608. The van der Waals surface area contributed by atoms with Crippen molar-refractivity contribution >= 4 is 18.3 Å². The Labute approximate surface area is 92.9 Å². The molecule has 1 amide bonds. The standard InChI is InChI=1S/C12H11NO3/c14-7-3-5-9-4-1-2-6-10(9)12-13-11(15)8-16-12/h1-7,12H,8H2,(H,13,15)/b5-3+. The number of allylic oxidation sites excluding steroid dienone is 1. The first kappa shape index (κ1) is 10.6. The van der Waals surface area contributed by atoms with Crippen LogP contribution in [0.3, 0.4) is 0 Å². The molecule has 16 heavy (non-hydrogen) atoms. The molecular weight excluding hydrogens is 206 g/mol. The lowest BCUT2D eigenvalue weighted by molar-refractivity contribution is -0.119. The molecule has 1 heterocycles. The van der Waals surface area contributed by atoms with Gasteiger partial charge in [-0.05, 0) is 11.6 Å². The Balaban J connectivity index is 2.29. The van der Waals surface area contributed by atoms with Crippen molar-refractivity contribution < 1.29 is 14.3 Å². The van der Waals surface area contributed by atoms with Crippen LogP contribution in [-0.4, -0.2) is 18.8 Å². The van der Waals surface area contributed by atoms with E-state index in [2.05, 4.69) is 5.32 Å². The summed E-state index contributed by atoms with van der Waals surface area (Å²) in [6.45, 7) is 0.0798. The number of rotatable bonds is 3. The zero-order chi connectivity index (χ0) is 11.4. The third-order valence-electron chi connectivity index (χ3n) is 2.31. The molecule has 1 aliphatic heterocycles. The number of aldehydes is 1. The molecule has 4 heteroatoms. The molecular formula is C12H11NO3. The highest BCUT2D eigenvalue weighted by molar-refractivity contribution is 5.80. The SMILES string of the molecule is O=C/C=C/c1ccccc1C1NC(=O)CO1. The van der Waals surface area contributed by atoms with Gasteiger partial charge in [-0.2, -0.15) is 0 Å². The predicted octanol–water partition coefficient (Wildman–Crippen LogP) is 1.04. The lowest BCUT2D eigenvalue weighted by atomic mass is 10.1. The summed E-state index contributed by atoms with van der Waals surface area (Å²) in [7, 11) is 0. The predicted molar refractivity (Wildman–Crippen MR) is 58.4 cm³/mol. The van der Waals surface area contributed by atoms with Crippen molar-refractivity contribution in [3.8, 4) is 0 Å². The van der Waals surface area contributed by atoms with Gasteiger partial charge in [0.25, 0.3) is 0 Å². The number of hydrogen-bond donors (Lipinski definition) is 1. The third-order valence-corrected chi connectivity index (χ3v) is 2.31. The minimum absolute atomic E-state index is 0.0798. The summed E-state index contributed by atoms with van der Waals surface area (Å²) >= 11 is 0. The van der Waals surface area contributed by atoms with Gasteiger partial charge in [-0.15, -0.1) is 0 Å². The van der Waals surface area contributed by atoms with E-state index in [4.69, 9.17) is 4.74 Å². The zero-order valence-corrected chi connectivity index (χ0v) is 8.55. The van der Waals surface area contributed by atoms with E-state index in [9.17, 15) is 9.59 Å². The summed E-state index contributed by atoms with van der Waals surface area (Å²) in [4.78, 5) is 21.3. The fraction of sp³-hybridized carbons (Fsp3) is 0.167. The van der Waals surface area contributed by atoms with Gasteiger partial charge in [0.1, 0.15) is 12.9 Å². The summed E-state index contributed by atoms with van der Waals surface area (Å²) in [5, 5.41) is 2.70. The van der Waals surface area contributed by atoms with Crippen molar-refractivity contribution in [3.63, 3.8) is 0 Å². The first-order valence-electron chi connectivity index (χ1n) is 4.93. The van der Waals surface area contributed by atoms with E-state index in [1.807, 2.05) is 24.3 Å². The van der Waals surface area contributed by atoms with Crippen molar-refractivity contribution in [2.24, 2.45) is 0 Å². The van der Waals surface area contributed by atoms with Gasteiger partial charge in [0, 0.05) is 5.56 Å².